The Kier molecular flexibility index (Phi) is 9.18. The topological polar surface area (TPSA) is 0 Å². The molecular weight excluding hydrogens is 507 g/mol. The van der Waals surface area contributed by atoms with Gasteiger partial charge in [0, 0.05) is 11.1 Å². The van der Waals surface area contributed by atoms with Crippen molar-refractivity contribution in [2.24, 2.45) is 17.8 Å². The van der Waals surface area contributed by atoms with Gasteiger partial charge in [0.25, 0.3) is 0 Å². The Morgan fingerprint density at radius 3 is 1.73 bits per heavy atom. The number of hydrogen-bond acceptors (Lipinski definition) is 0. The summed E-state index contributed by atoms with van der Waals surface area (Å²) in [7, 11) is 1.77. The minimum atomic E-state index is -0.889. The van der Waals surface area contributed by atoms with E-state index in [-0.39, 0.29) is 17.0 Å². The fourth-order valence-electron chi connectivity index (χ4n) is 7.22. The first-order valence-electron chi connectivity index (χ1n) is 15.1. The van der Waals surface area contributed by atoms with Crippen molar-refractivity contribution >= 4 is 7.85 Å². The van der Waals surface area contributed by atoms with Crippen LogP contribution in [0.1, 0.15) is 81.3 Å². The second-order valence-electron chi connectivity index (χ2n) is 11.9. The number of benzene rings is 3. The predicted molar refractivity (Wildman–Crippen MR) is 159 cm³/mol. The summed E-state index contributed by atoms with van der Waals surface area (Å²) in [5, 5.41) is 0. The molecule has 2 aliphatic carbocycles. The molecule has 0 radical (unpaired) electrons. The molecule has 0 amide bonds. The van der Waals surface area contributed by atoms with Gasteiger partial charge >= 0.3 is 0 Å². The number of halogens is 4. The van der Waals surface area contributed by atoms with Crippen LogP contribution in [0.25, 0.3) is 22.3 Å². The van der Waals surface area contributed by atoms with Gasteiger partial charge in [0.2, 0.25) is 0 Å². The summed E-state index contributed by atoms with van der Waals surface area (Å²) in [5.74, 6) is -0.941. The Balaban J connectivity index is 1.24. The second-order valence-corrected chi connectivity index (χ2v) is 11.9. The summed E-state index contributed by atoms with van der Waals surface area (Å²) in [6, 6.07) is 13.1. The molecule has 0 spiro atoms. The lowest BCUT2D eigenvalue weighted by atomic mass is 9.68. The maximum Gasteiger partial charge on any atom is 0.166 e. The smallest absolute Gasteiger partial charge is 0.166 e. The van der Waals surface area contributed by atoms with E-state index in [0.29, 0.717) is 34.5 Å². The van der Waals surface area contributed by atoms with Crippen LogP contribution in [0.3, 0.4) is 0 Å². The molecule has 0 N–H and O–H groups in total. The summed E-state index contributed by atoms with van der Waals surface area (Å²) in [5.41, 5.74) is 2.14. The van der Waals surface area contributed by atoms with Crippen LogP contribution in [0, 0.1) is 41.0 Å². The highest BCUT2D eigenvalue weighted by atomic mass is 19.2. The standard InChI is InChI=1S/C35H39BF4/c1-2-3-4-22-5-7-23(8-6-22)24-9-11-25(12-10-24)30-19-20-31(35(40)34(30)39)27-15-13-26(14-16-27)29-18-17-28(21-36)32(37)33(29)38/h2,13-20,22-25H,1,3-12,21,36H2. The summed E-state index contributed by atoms with van der Waals surface area (Å²) in [6.07, 6.45) is 14.0. The Morgan fingerprint density at radius 1 is 0.650 bits per heavy atom. The van der Waals surface area contributed by atoms with E-state index in [2.05, 4.69) is 6.58 Å². The molecule has 0 heterocycles. The molecule has 0 aromatic heterocycles. The van der Waals surface area contributed by atoms with Gasteiger partial charge in [0.05, 0.1) is 0 Å². The molecule has 5 heteroatoms. The van der Waals surface area contributed by atoms with Gasteiger partial charge in [-0.25, -0.2) is 17.6 Å². The molecule has 2 saturated carbocycles. The SMILES string of the molecule is BCc1ccc(-c2ccc(-c3ccc(C4CCC(C5CCC(CCC=C)CC5)CC4)c(F)c3F)cc2)c(F)c1F. The van der Waals surface area contributed by atoms with E-state index in [4.69, 9.17) is 0 Å². The van der Waals surface area contributed by atoms with E-state index in [9.17, 15) is 8.78 Å². The van der Waals surface area contributed by atoms with Crippen molar-refractivity contribution in [3.8, 4) is 22.3 Å². The maximum absolute atomic E-state index is 15.4. The minimum Gasteiger partial charge on any atom is -0.203 e. The molecule has 40 heavy (non-hydrogen) atoms. The number of rotatable bonds is 8. The highest BCUT2D eigenvalue weighted by Crippen LogP contribution is 2.45. The van der Waals surface area contributed by atoms with E-state index in [1.165, 1.54) is 32.1 Å². The van der Waals surface area contributed by atoms with Crippen LogP contribution < -0.4 is 0 Å². The van der Waals surface area contributed by atoms with Crippen LogP contribution >= 0.6 is 0 Å². The van der Waals surface area contributed by atoms with Gasteiger partial charge in [0.1, 0.15) is 7.85 Å². The third-order valence-electron chi connectivity index (χ3n) is 9.71. The highest BCUT2D eigenvalue weighted by Gasteiger charge is 2.32. The largest absolute Gasteiger partial charge is 0.203 e. The first kappa shape index (κ1) is 28.7. The highest BCUT2D eigenvalue weighted by molar-refractivity contribution is 6.08. The molecule has 0 nitrogen and oxygen atoms in total. The van der Waals surface area contributed by atoms with E-state index in [0.717, 1.165) is 43.9 Å². The van der Waals surface area contributed by atoms with Crippen molar-refractivity contribution < 1.29 is 17.6 Å². The Hall–Kier alpha value is -2.82. The van der Waals surface area contributed by atoms with E-state index >= 15 is 8.78 Å². The lowest BCUT2D eigenvalue weighted by Gasteiger charge is -2.38. The van der Waals surface area contributed by atoms with Crippen molar-refractivity contribution in [3.63, 3.8) is 0 Å². The zero-order valence-corrected chi connectivity index (χ0v) is 23.5. The fourth-order valence-corrected chi connectivity index (χ4v) is 7.22. The van der Waals surface area contributed by atoms with Crippen LogP contribution in [-0.2, 0) is 6.32 Å². The van der Waals surface area contributed by atoms with Gasteiger partial charge in [-0.3, -0.25) is 0 Å². The minimum absolute atomic E-state index is 0.0510. The van der Waals surface area contributed by atoms with Gasteiger partial charge in [-0.2, -0.15) is 0 Å². The molecule has 0 saturated heterocycles. The lowest BCUT2D eigenvalue weighted by molar-refractivity contribution is 0.156. The van der Waals surface area contributed by atoms with Crippen LogP contribution in [-0.4, -0.2) is 7.85 Å². The molecule has 2 aliphatic rings. The van der Waals surface area contributed by atoms with E-state index < -0.39 is 23.3 Å². The molecule has 5 rings (SSSR count). The lowest BCUT2D eigenvalue weighted by Crippen LogP contribution is -2.25. The number of allylic oxidation sites excluding steroid dienone is 1. The third kappa shape index (κ3) is 5.94. The zero-order valence-electron chi connectivity index (χ0n) is 23.5. The van der Waals surface area contributed by atoms with Crippen molar-refractivity contribution in [2.75, 3.05) is 0 Å². The van der Waals surface area contributed by atoms with Crippen LogP contribution in [0.15, 0.2) is 61.2 Å². The summed E-state index contributed by atoms with van der Waals surface area (Å²) < 4.78 is 59.6. The summed E-state index contributed by atoms with van der Waals surface area (Å²) in [4.78, 5) is 0. The Bertz CT molecular complexity index is 1320. The van der Waals surface area contributed by atoms with Gasteiger partial charge in [-0.1, -0.05) is 73.8 Å². The average molecular weight is 547 g/mol. The molecule has 3 aromatic carbocycles. The van der Waals surface area contributed by atoms with Crippen LogP contribution in [0.5, 0.6) is 0 Å². The zero-order chi connectivity index (χ0) is 28.2. The fraction of sp³-hybridized carbons (Fsp3) is 0.429. The summed E-state index contributed by atoms with van der Waals surface area (Å²) in [6.45, 7) is 3.85. The average Bonchev–Trinajstić information content (AvgIpc) is 2.99. The molecule has 0 bridgehead atoms. The van der Waals surface area contributed by atoms with Gasteiger partial charge < -0.3 is 0 Å². The van der Waals surface area contributed by atoms with Crippen molar-refractivity contribution in [2.45, 2.75) is 76.4 Å². The molecule has 0 aliphatic heterocycles. The molecule has 2 fully saturated rings. The van der Waals surface area contributed by atoms with Gasteiger partial charge in [-0.05, 0) is 97.3 Å². The third-order valence-corrected chi connectivity index (χ3v) is 9.71. The molecule has 3 aromatic rings. The van der Waals surface area contributed by atoms with Gasteiger partial charge in [0.15, 0.2) is 23.3 Å². The van der Waals surface area contributed by atoms with Crippen molar-refractivity contribution in [1.29, 1.82) is 0 Å². The number of hydrogen-bond donors (Lipinski definition) is 0. The molecular formula is C35H39BF4. The molecule has 210 valence electrons. The molecule has 0 unspecified atom stereocenters. The van der Waals surface area contributed by atoms with E-state index in [1.54, 1.807) is 56.4 Å². The normalized spacial score (nSPS) is 23.2. The van der Waals surface area contributed by atoms with Crippen molar-refractivity contribution in [3.05, 3.63) is 95.6 Å². The monoisotopic (exact) mass is 546 g/mol. The van der Waals surface area contributed by atoms with Crippen LogP contribution in [0.4, 0.5) is 17.6 Å². The quantitative estimate of drug-likeness (QED) is 0.150. The summed E-state index contributed by atoms with van der Waals surface area (Å²) >= 11 is 0. The first-order valence-corrected chi connectivity index (χ1v) is 15.1. The molecule has 0 atom stereocenters. The van der Waals surface area contributed by atoms with Gasteiger partial charge in [-0.15, -0.1) is 6.58 Å². The van der Waals surface area contributed by atoms with Crippen LogP contribution in [0.2, 0.25) is 0 Å². The van der Waals surface area contributed by atoms with Crippen molar-refractivity contribution in [1.82, 2.24) is 0 Å². The van der Waals surface area contributed by atoms with E-state index in [1.807, 2.05) is 6.08 Å². The Labute approximate surface area is 237 Å². The second kappa shape index (κ2) is 12.8. The maximum atomic E-state index is 15.4. The Morgan fingerprint density at radius 2 is 1.18 bits per heavy atom. The first-order chi connectivity index (χ1) is 19.4. The predicted octanol–water partition coefficient (Wildman–Crippen LogP) is 9.76.